The van der Waals surface area contributed by atoms with Crippen molar-refractivity contribution in [3.05, 3.63) is 12.1 Å². The molecule has 0 aromatic carbocycles. The third kappa shape index (κ3) is 2.10. The number of anilines is 1. The standard InChI is InChI=1S/C12H16N6O2/c1-2-11(14-18-10(1)13-15-16-18)17-5-3-9(4-6-17)12-19-7-8-20-12/h1-2,9,12H,3-8H2. The quantitative estimate of drug-likeness (QED) is 0.770. The average Bonchev–Trinajstić information content (AvgIpc) is 3.18. The lowest BCUT2D eigenvalue weighted by Crippen LogP contribution is -2.38. The van der Waals surface area contributed by atoms with Gasteiger partial charge in [-0.05, 0) is 35.4 Å². The first-order valence-electron chi connectivity index (χ1n) is 6.94. The summed E-state index contributed by atoms with van der Waals surface area (Å²) in [6.07, 6.45) is 2.10. The predicted molar refractivity (Wildman–Crippen MR) is 69.2 cm³/mol. The Labute approximate surface area is 115 Å². The van der Waals surface area contributed by atoms with Crippen molar-refractivity contribution >= 4 is 11.5 Å². The van der Waals surface area contributed by atoms with Crippen molar-refractivity contribution in [2.24, 2.45) is 5.92 Å². The number of ether oxygens (including phenoxy) is 2. The predicted octanol–water partition coefficient (Wildman–Crippen LogP) is 0.109. The van der Waals surface area contributed by atoms with Crippen molar-refractivity contribution < 1.29 is 9.47 Å². The van der Waals surface area contributed by atoms with Gasteiger partial charge in [0.05, 0.1) is 13.2 Å². The van der Waals surface area contributed by atoms with E-state index in [0.717, 1.165) is 45.0 Å². The highest BCUT2D eigenvalue weighted by molar-refractivity contribution is 5.44. The molecule has 2 aliphatic heterocycles. The van der Waals surface area contributed by atoms with Crippen molar-refractivity contribution in [2.75, 3.05) is 31.2 Å². The van der Waals surface area contributed by atoms with Gasteiger partial charge in [0.2, 0.25) is 0 Å². The van der Waals surface area contributed by atoms with E-state index in [-0.39, 0.29) is 6.29 Å². The molecule has 4 rings (SSSR count). The summed E-state index contributed by atoms with van der Waals surface area (Å²) in [5.41, 5.74) is 0.663. The van der Waals surface area contributed by atoms with Gasteiger partial charge in [-0.3, -0.25) is 0 Å². The molecule has 106 valence electrons. The van der Waals surface area contributed by atoms with Crippen molar-refractivity contribution in [1.29, 1.82) is 0 Å². The molecule has 0 bridgehead atoms. The molecule has 0 spiro atoms. The number of aromatic nitrogens is 5. The van der Waals surface area contributed by atoms with Crippen molar-refractivity contribution in [1.82, 2.24) is 25.3 Å². The summed E-state index contributed by atoms with van der Waals surface area (Å²) >= 11 is 0. The smallest absolute Gasteiger partial charge is 0.200 e. The van der Waals surface area contributed by atoms with E-state index in [9.17, 15) is 0 Å². The van der Waals surface area contributed by atoms with Gasteiger partial charge in [-0.1, -0.05) is 0 Å². The topological polar surface area (TPSA) is 77.7 Å². The zero-order chi connectivity index (χ0) is 13.4. The van der Waals surface area contributed by atoms with Crippen LogP contribution < -0.4 is 4.90 Å². The number of hydrogen-bond donors (Lipinski definition) is 0. The highest BCUT2D eigenvalue weighted by Gasteiger charge is 2.30. The van der Waals surface area contributed by atoms with Gasteiger partial charge in [0.15, 0.2) is 17.8 Å². The van der Waals surface area contributed by atoms with Gasteiger partial charge >= 0.3 is 0 Å². The highest BCUT2D eigenvalue weighted by Crippen LogP contribution is 2.27. The van der Waals surface area contributed by atoms with Crippen LogP contribution in [0.3, 0.4) is 0 Å². The fourth-order valence-electron chi connectivity index (χ4n) is 2.86. The largest absolute Gasteiger partial charge is 0.355 e. The van der Waals surface area contributed by atoms with Crippen LogP contribution in [0.1, 0.15) is 12.8 Å². The fourth-order valence-corrected chi connectivity index (χ4v) is 2.86. The van der Waals surface area contributed by atoms with Crippen LogP contribution in [0.5, 0.6) is 0 Å². The molecule has 0 atom stereocenters. The van der Waals surface area contributed by atoms with Gasteiger partial charge in [0.25, 0.3) is 0 Å². The van der Waals surface area contributed by atoms with Crippen molar-refractivity contribution in [3.63, 3.8) is 0 Å². The Morgan fingerprint density at radius 3 is 2.70 bits per heavy atom. The van der Waals surface area contributed by atoms with E-state index in [1.165, 1.54) is 4.63 Å². The molecule has 0 unspecified atom stereocenters. The second-order valence-corrected chi connectivity index (χ2v) is 5.15. The van der Waals surface area contributed by atoms with Crippen LogP contribution in [0.2, 0.25) is 0 Å². The third-order valence-electron chi connectivity index (χ3n) is 3.95. The van der Waals surface area contributed by atoms with E-state index in [1.807, 2.05) is 12.1 Å². The minimum absolute atomic E-state index is 0.00731. The molecule has 0 N–H and O–H groups in total. The normalized spacial score (nSPS) is 21.9. The van der Waals surface area contributed by atoms with E-state index in [0.29, 0.717) is 11.6 Å². The van der Waals surface area contributed by atoms with Gasteiger partial charge in [-0.15, -0.1) is 14.8 Å². The Balaban J connectivity index is 1.45. The maximum Gasteiger partial charge on any atom is 0.200 e. The Morgan fingerprint density at radius 1 is 1.10 bits per heavy atom. The summed E-state index contributed by atoms with van der Waals surface area (Å²) < 4.78 is 12.7. The molecule has 8 nitrogen and oxygen atoms in total. The van der Waals surface area contributed by atoms with E-state index in [4.69, 9.17) is 9.47 Å². The number of piperidine rings is 1. The maximum atomic E-state index is 5.59. The van der Waals surface area contributed by atoms with Gasteiger partial charge < -0.3 is 14.4 Å². The molecule has 2 aromatic heterocycles. The van der Waals surface area contributed by atoms with Crippen LogP contribution in [0.4, 0.5) is 5.82 Å². The summed E-state index contributed by atoms with van der Waals surface area (Å²) in [7, 11) is 0. The Hall–Kier alpha value is -1.80. The van der Waals surface area contributed by atoms with Gasteiger partial charge in [-0.2, -0.15) is 0 Å². The second kappa shape index (κ2) is 4.95. The Kier molecular flexibility index (Phi) is 2.96. The molecular weight excluding hydrogens is 260 g/mol. The number of nitrogens with zero attached hydrogens (tertiary/aromatic N) is 6. The summed E-state index contributed by atoms with van der Waals surface area (Å²) in [4.78, 5) is 2.26. The van der Waals surface area contributed by atoms with Gasteiger partial charge in [0, 0.05) is 19.0 Å². The first kappa shape index (κ1) is 12.0. The number of fused-ring (bicyclic) bond motifs is 1. The first-order chi connectivity index (χ1) is 9.90. The molecule has 2 saturated heterocycles. The molecule has 0 saturated carbocycles. The molecule has 0 amide bonds. The van der Waals surface area contributed by atoms with E-state index >= 15 is 0 Å². The molecule has 2 aromatic rings. The van der Waals surface area contributed by atoms with Crippen LogP contribution in [0.15, 0.2) is 12.1 Å². The lowest BCUT2D eigenvalue weighted by Gasteiger charge is -2.34. The van der Waals surface area contributed by atoms with Crippen LogP contribution in [0.25, 0.3) is 5.65 Å². The lowest BCUT2D eigenvalue weighted by atomic mass is 9.96. The summed E-state index contributed by atoms with van der Waals surface area (Å²) in [5, 5.41) is 15.7. The fraction of sp³-hybridized carbons (Fsp3) is 0.667. The molecule has 20 heavy (non-hydrogen) atoms. The summed E-state index contributed by atoms with van der Waals surface area (Å²) in [5.74, 6) is 1.40. The summed E-state index contributed by atoms with van der Waals surface area (Å²) in [6.45, 7) is 3.36. The van der Waals surface area contributed by atoms with E-state index in [2.05, 4.69) is 25.5 Å². The molecule has 2 fully saturated rings. The minimum atomic E-state index is -0.00731. The van der Waals surface area contributed by atoms with Gasteiger partial charge in [-0.25, -0.2) is 0 Å². The monoisotopic (exact) mass is 276 g/mol. The number of tetrazole rings is 1. The summed E-state index contributed by atoms with van der Waals surface area (Å²) in [6, 6.07) is 3.85. The minimum Gasteiger partial charge on any atom is -0.355 e. The molecule has 0 radical (unpaired) electrons. The Morgan fingerprint density at radius 2 is 1.90 bits per heavy atom. The van der Waals surface area contributed by atoms with Crippen LogP contribution in [0, 0.1) is 5.92 Å². The second-order valence-electron chi connectivity index (χ2n) is 5.15. The van der Waals surface area contributed by atoms with Gasteiger partial charge in [0.1, 0.15) is 0 Å². The van der Waals surface area contributed by atoms with Crippen LogP contribution in [-0.2, 0) is 9.47 Å². The highest BCUT2D eigenvalue weighted by atomic mass is 16.7. The first-order valence-corrected chi connectivity index (χ1v) is 6.94. The number of rotatable bonds is 2. The molecule has 8 heteroatoms. The molecular formula is C12H16N6O2. The Bertz CT molecular complexity index is 588. The third-order valence-corrected chi connectivity index (χ3v) is 3.95. The lowest BCUT2D eigenvalue weighted by molar-refractivity contribution is -0.0889. The molecule has 0 aliphatic carbocycles. The SMILES string of the molecule is c1cc2nnnn2nc1N1CCC(C2OCCO2)CC1. The van der Waals surface area contributed by atoms with Crippen LogP contribution >= 0.6 is 0 Å². The van der Waals surface area contributed by atoms with Crippen molar-refractivity contribution in [2.45, 2.75) is 19.1 Å². The average molecular weight is 276 g/mol. The van der Waals surface area contributed by atoms with E-state index in [1.54, 1.807) is 0 Å². The zero-order valence-electron chi connectivity index (χ0n) is 11.1. The van der Waals surface area contributed by atoms with Crippen LogP contribution in [-0.4, -0.2) is 57.8 Å². The number of hydrogen-bond acceptors (Lipinski definition) is 7. The molecule has 4 heterocycles. The maximum absolute atomic E-state index is 5.59. The van der Waals surface area contributed by atoms with E-state index < -0.39 is 0 Å². The molecule has 2 aliphatic rings. The van der Waals surface area contributed by atoms with Crippen molar-refractivity contribution in [3.8, 4) is 0 Å². The zero-order valence-corrected chi connectivity index (χ0v) is 11.1.